The molecule has 0 saturated heterocycles. The third-order valence-electron chi connectivity index (χ3n) is 3.23. The molecule has 1 N–H and O–H groups in total. The lowest BCUT2D eigenvalue weighted by Gasteiger charge is -2.19. The second kappa shape index (κ2) is 6.61. The van der Waals surface area contributed by atoms with Crippen molar-refractivity contribution in [2.75, 3.05) is 6.54 Å². The number of nitrogens with one attached hydrogen (secondary N) is 1. The monoisotopic (exact) mass is 231 g/mol. The molecule has 0 bridgehead atoms. The van der Waals surface area contributed by atoms with Gasteiger partial charge in [0.2, 0.25) is 0 Å². The molecule has 0 amide bonds. The van der Waals surface area contributed by atoms with Crippen LogP contribution in [0.1, 0.15) is 35.6 Å². The number of hydrogen-bond acceptors (Lipinski definition) is 1. The molecule has 1 atom stereocenters. The second-order valence-electron chi connectivity index (χ2n) is 4.86. The normalized spacial score (nSPS) is 12.5. The fourth-order valence-electron chi connectivity index (χ4n) is 2.51. The van der Waals surface area contributed by atoms with Gasteiger partial charge in [0.1, 0.15) is 0 Å². The molecule has 1 heteroatoms. The van der Waals surface area contributed by atoms with Crippen molar-refractivity contribution in [3.63, 3.8) is 0 Å². The van der Waals surface area contributed by atoms with Gasteiger partial charge in [0, 0.05) is 6.04 Å². The maximum atomic E-state index is 3.84. The Hall–Kier alpha value is -1.08. The van der Waals surface area contributed by atoms with Crippen molar-refractivity contribution in [3.05, 3.63) is 47.0 Å². The molecular formula is C16H25N. The molecule has 1 rings (SSSR count). The third kappa shape index (κ3) is 4.01. The highest BCUT2D eigenvalue weighted by Crippen LogP contribution is 2.19. The van der Waals surface area contributed by atoms with E-state index in [2.05, 4.69) is 51.7 Å². The van der Waals surface area contributed by atoms with Crippen molar-refractivity contribution in [1.82, 2.24) is 5.32 Å². The summed E-state index contributed by atoms with van der Waals surface area (Å²) in [5.41, 5.74) is 5.67. The van der Waals surface area contributed by atoms with Crippen LogP contribution in [0.5, 0.6) is 0 Å². The van der Waals surface area contributed by atoms with E-state index in [0.29, 0.717) is 6.04 Å². The number of hydrogen-bond donors (Lipinski definition) is 1. The van der Waals surface area contributed by atoms with Crippen LogP contribution in [0.4, 0.5) is 0 Å². The summed E-state index contributed by atoms with van der Waals surface area (Å²) in [4.78, 5) is 0. The zero-order valence-electron chi connectivity index (χ0n) is 11.6. The second-order valence-corrected chi connectivity index (χ2v) is 4.86. The molecule has 1 nitrogen and oxygen atoms in total. The van der Waals surface area contributed by atoms with Crippen LogP contribution >= 0.6 is 0 Å². The summed E-state index contributed by atoms with van der Waals surface area (Å²) in [6.07, 6.45) is 4.13. The minimum absolute atomic E-state index is 0.512. The molecule has 0 saturated carbocycles. The van der Waals surface area contributed by atoms with Crippen LogP contribution in [0, 0.1) is 20.8 Å². The van der Waals surface area contributed by atoms with Gasteiger partial charge in [0.15, 0.2) is 0 Å². The molecule has 0 aliphatic heterocycles. The Morgan fingerprint density at radius 2 is 1.82 bits per heavy atom. The first-order valence-electron chi connectivity index (χ1n) is 6.49. The maximum Gasteiger partial charge on any atom is 0.0142 e. The molecular weight excluding hydrogens is 206 g/mol. The van der Waals surface area contributed by atoms with Crippen molar-refractivity contribution in [1.29, 1.82) is 0 Å². The summed E-state index contributed by atoms with van der Waals surface area (Å²) in [6, 6.07) is 5.07. The lowest BCUT2D eigenvalue weighted by atomic mass is 9.93. The van der Waals surface area contributed by atoms with Gasteiger partial charge in [-0.15, -0.1) is 6.58 Å². The standard InChI is InChI=1S/C16H25N/c1-6-8-15(17-7-2)11-16-13(4)9-12(3)10-14(16)5/h6,9-10,15,17H,1,7-8,11H2,2-5H3. The van der Waals surface area contributed by atoms with Gasteiger partial charge in [0.25, 0.3) is 0 Å². The van der Waals surface area contributed by atoms with Crippen LogP contribution in [0.3, 0.4) is 0 Å². The third-order valence-corrected chi connectivity index (χ3v) is 3.23. The zero-order chi connectivity index (χ0) is 12.8. The highest BCUT2D eigenvalue weighted by molar-refractivity contribution is 5.38. The average Bonchev–Trinajstić information content (AvgIpc) is 2.23. The molecule has 0 radical (unpaired) electrons. The molecule has 0 aromatic heterocycles. The Kier molecular flexibility index (Phi) is 5.43. The molecule has 0 aliphatic carbocycles. The van der Waals surface area contributed by atoms with E-state index in [4.69, 9.17) is 0 Å². The lowest BCUT2D eigenvalue weighted by molar-refractivity contribution is 0.527. The minimum Gasteiger partial charge on any atom is -0.314 e. The predicted molar refractivity (Wildman–Crippen MR) is 76.6 cm³/mol. The molecule has 94 valence electrons. The van der Waals surface area contributed by atoms with Gasteiger partial charge < -0.3 is 5.32 Å². The van der Waals surface area contributed by atoms with E-state index in [1.54, 1.807) is 0 Å². The van der Waals surface area contributed by atoms with E-state index in [1.165, 1.54) is 22.3 Å². The summed E-state index contributed by atoms with van der Waals surface area (Å²) < 4.78 is 0. The predicted octanol–water partition coefficient (Wildman–Crippen LogP) is 3.71. The van der Waals surface area contributed by atoms with Crippen LogP contribution in [0.25, 0.3) is 0 Å². The van der Waals surface area contributed by atoms with Crippen molar-refractivity contribution in [2.24, 2.45) is 0 Å². The quantitative estimate of drug-likeness (QED) is 0.736. The van der Waals surface area contributed by atoms with Crippen LogP contribution < -0.4 is 5.32 Å². The summed E-state index contributed by atoms with van der Waals surface area (Å²) in [5, 5.41) is 3.53. The molecule has 0 fully saturated rings. The zero-order valence-corrected chi connectivity index (χ0v) is 11.6. The number of rotatable bonds is 6. The molecule has 1 unspecified atom stereocenters. The van der Waals surface area contributed by atoms with Crippen LogP contribution in [-0.2, 0) is 6.42 Å². The van der Waals surface area contributed by atoms with E-state index in [-0.39, 0.29) is 0 Å². The van der Waals surface area contributed by atoms with Gasteiger partial charge >= 0.3 is 0 Å². The van der Waals surface area contributed by atoms with Crippen molar-refractivity contribution in [3.8, 4) is 0 Å². The van der Waals surface area contributed by atoms with E-state index in [1.807, 2.05) is 6.08 Å². The van der Waals surface area contributed by atoms with Gasteiger partial charge in [-0.2, -0.15) is 0 Å². The SMILES string of the molecule is C=CCC(Cc1c(C)cc(C)cc1C)NCC. The van der Waals surface area contributed by atoms with Gasteiger partial charge in [0.05, 0.1) is 0 Å². The highest BCUT2D eigenvalue weighted by Gasteiger charge is 2.10. The molecule has 17 heavy (non-hydrogen) atoms. The molecule has 0 heterocycles. The number of likely N-dealkylation sites (N-methyl/N-ethyl adjacent to an activating group) is 1. The Labute approximate surface area is 106 Å². The first-order chi connectivity index (χ1) is 8.08. The summed E-state index contributed by atoms with van der Waals surface area (Å²) in [6.45, 7) is 13.6. The lowest BCUT2D eigenvalue weighted by Crippen LogP contribution is -2.30. The summed E-state index contributed by atoms with van der Waals surface area (Å²) in [7, 11) is 0. The number of aryl methyl sites for hydroxylation is 3. The van der Waals surface area contributed by atoms with Crippen LogP contribution in [0.2, 0.25) is 0 Å². The molecule has 1 aromatic carbocycles. The first-order valence-corrected chi connectivity index (χ1v) is 6.49. The van der Waals surface area contributed by atoms with Crippen LogP contribution in [0.15, 0.2) is 24.8 Å². The summed E-state index contributed by atoms with van der Waals surface area (Å²) >= 11 is 0. The van der Waals surface area contributed by atoms with E-state index >= 15 is 0 Å². The van der Waals surface area contributed by atoms with Gasteiger partial charge in [-0.1, -0.05) is 30.7 Å². The Morgan fingerprint density at radius 1 is 1.24 bits per heavy atom. The van der Waals surface area contributed by atoms with Crippen LogP contribution in [-0.4, -0.2) is 12.6 Å². The van der Waals surface area contributed by atoms with E-state index in [0.717, 1.165) is 19.4 Å². The fourth-order valence-corrected chi connectivity index (χ4v) is 2.51. The van der Waals surface area contributed by atoms with Gasteiger partial charge in [-0.25, -0.2) is 0 Å². The minimum atomic E-state index is 0.512. The van der Waals surface area contributed by atoms with E-state index in [9.17, 15) is 0 Å². The van der Waals surface area contributed by atoms with Gasteiger partial charge in [-0.3, -0.25) is 0 Å². The first kappa shape index (κ1) is 14.0. The fraction of sp³-hybridized carbons (Fsp3) is 0.500. The smallest absolute Gasteiger partial charge is 0.0142 e. The largest absolute Gasteiger partial charge is 0.314 e. The highest BCUT2D eigenvalue weighted by atomic mass is 14.9. The Morgan fingerprint density at radius 3 is 2.29 bits per heavy atom. The van der Waals surface area contributed by atoms with Gasteiger partial charge in [-0.05, 0) is 56.8 Å². The number of benzene rings is 1. The summed E-state index contributed by atoms with van der Waals surface area (Å²) in [5.74, 6) is 0. The maximum absolute atomic E-state index is 3.84. The average molecular weight is 231 g/mol. The molecule has 0 spiro atoms. The molecule has 1 aromatic rings. The van der Waals surface area contributed by atoms with E-state index < -0.39 is 0 Å². The van der Waals surface area contributed by atoms with Crippen molar-refractivity contribution in [2.45, 2.75) is 46.6 Å². The Balaban J connectivity index is 2.88. The molecule has 0 aliphatic rings. The van der Waals surface area contributed by atoms with Crippen molar-refractivity contribution >= 4 is 0 Å². The Bertz CT molecular complexity index is 356. The topological polar surface area (TPSA) is 12.0 Å². The van der Waals surface area contributed by atoms with Crippen molar-refractivity contribution < 1.29 is 0 Å².